The highest BCUT2D eigenvalue weighted by Crippen LogP contribution is 2.32. The summed E-state index contributed by atoms with van der Waals surface area (Å²) in [5, 5.41) is 9.88. The molecule has 3 unspecified atom stereocenters. The van der Waals surface area contributed by atoms with Crippen LogP contribution in [0, 0.1) is 0 Å². The Morgan fingerprint density at radius 3 is 1.92 bits per heavy atom. The second-order valence-corrected chi connectivity index (χ2v) is 9.40. The van der Waals surface area contributed by atoms with Crippen LogP contribution in [-0.4, -0.2) is 53.2 Å². The minimum Gasteiger partial charge on any atom is -0.480 e. The molecular weight excluding hydrogens is 498 g/mol. The van der Waals surface area contributed by atoms with Gasteiger partial charge >= 0.3 is 24.2 Å². The van der Waals surface area contributed by atoms with Gasteiger partial charge in [0.25, 0.3) is 0 Å². The fourth-order valence-corrected chi connectivity index (χ4v) is 3.31. The van der Waals surface area contributed by atoms with Crippen LogP contribution in [0.15, 0.2) is 18.2 Å². The van der Waals surface area contributed by atoms with Crippen LogP contribution in [0.4, 0.5) is 9.59 Å². The van der Waals surface area contributed by atoms with Gasteiger partial charge in [0.15, 0.2) is 11.5 Å². The average Bonchev–Trinajstić information content (AvgIpc) is 2.83. The fraction of sp³-hybridized carbons (Fsp3) is 0.630. The first kappa shape index (κ1) is 32.7. The largest absolute Gasteiger partial charge is 0.514 e. The first-order valence-electron chi connectivity index (χ1n) is 12.9. The molecule has 0 bridgehead atoms. The zero-order chi connectivity index (χ0) is 28.9. The van der Waals surface area contributed by atoms with Crippen molar-refractivity contribution in [3.05, 3.63) is 23.8 Å². The van der Waals surface area contributed by atoms with Crippen LogP contribution in [0.3, 0.4) is 0 Å². The van der Waals surface area contributed by atoms with Crippen LogP contribution >= 0.6 is 0 Å². The van der Waals surface area contributed by atoms with E-state index >= 15 is 0 Å². The Kier molecular flexibility index (Phi) is 13.6. The molecule has 1 aromatic rings. The predicted octanol–water partition coefficient (Wildman–Crippen LogP) is 5.15. The van der Waals surface area contributed by atoms with Crippen LogP contribution < -0.4 is 15.2 Å². The molecule has 4 atom stereocenters. The number of carboxylic acid groups (broad SMARTS) is 1. The Hall–Kier alpha value is -3.34. The number of carbonyl (C=O) groups excluding carboxylic acids is 3. The third kappa shape index (κ3) is 11.4. The summed E-state index contributed by atoms with van der Waals surface area (Å²) >= 11 is 0. The molecule has 3 N–H and O–H groups in total. The molecule has 214 valence electrons. The molecule has 0 aromatic heterocycles. The van der Waals surface area contributed by atoms with Gasteiger partial charge in [0.05, 0.1) is 0 Å². The van der Waals surface area contributed by atoms with E-state index in [9.17, 15) is 24.3 Å². The van der Waals surface area contributed by atoms with Crippen molar-refractivity contribution in [2.24, 2.45) is 5.73 Å². The Bertz CT molecular complexity index is 950. The lowest BCUT2D eigenvalue weighted by atomic mass is 9.86. The third-order valence-electron chi connectivity index (χ3n) is 5.80. The Morgan fingerprint density at radius 1 is 0.868 bits per heavy atom. The number of esters is 1. The second-order valence-electron chi connectivity index (χ2n) is 9.40. The molecule has 0 aliphatic heterocycles. The van der Waals surface area contributed by atoms with Crippen molar-refractivity contribution >= 4 is 24.2 Å². The van der Waals surface area contributed by atoms with E-state index in [0.717, 1.165) is 6.42 Å². The van der Waals surface area contributed by atoms with Crippen molar-refractivity contribution in [1.82, 2.24) is 0 Å². The molecule has 0 saturated carbocycles. The minimum atomic E-state index is -1.81. The van der Waals surface area contributed by atoms with Gasteiger partial charge in [0.2, 0.25) is 0 Å². The van der Waals surface area contributed by atoms with Gasteiger partial charge in [-0.2, -0.15) is 0 Å². The maximum atomic E-state index is 12.3. The molecule has 0 radical (unpaired) electrons. The first-order valence-corrected chi connectivity index (χ1v) is 12.9. The van der Waals surface area contributed by atoms with Crippen molar-refractivity contribution in [2.45, 2.75) is 110 Å². The van der Waals surface area contributed by atoms with Gasteiger partial charge in [-0.25, -0.2) is 9.59 Å². The lowest BCUT2D eigenvalue weighted by molar-refractivity contribution is -0.153. The van der Waals surface area contributed by atoms with Crippen molar-refractivity contribution < 1.29 is 48.0 Å². The van der Waals surface area contributed by atoms with Gasteiger partial charge < -0.3 is 34.5 Å². The third-order valence-corrected chi connectivity index (χ3v) is 5.80. The number of hydrogen-bond acceptors (Lipinski definition) is 10. The summed E-state index contributed by atoms with van der Waals surface area (Å²) in [7, 11) is 0. The molecule has 0 saturated heterocycles. The van der Waals surface area contributed by atoms with E-state index in [1.807, 2.05) is 20.8 Å². The van der Waals surface area contributed by atoms with Crippen molar-refractivity contribution in [3.8, 4) is 11.5 Å². The Balaban J connectivity index is 3.18. The van der Waals surface area contributed by atoms with Gasteiger partial charge in [-0.1, -0.05) is 33.3 Å². The molecule has 0 amide bonds. The number of aliphatic carboxylic acids is 1. The number of carbonyl (C=O) groups is 4. The number of ether oxygens (including phenoxy) is 5. The van der Waals surface area contributed by atoms with Gasteiger partial charge in [0.1, 0.15) is 23.9 Å². The van der Waals surface area contributed by atoms with Gasteiger partial charge in [-0.3, -0.25) is 9.59 Å². The summed E-state index contributed by atoms with van der Waals surface area (Å²) in [5.41, 5.74) is 4.81. The van der Waals surface area contributed by atoms with Crippen LogP contribution in [0.1, 0.15) is 85.6 Å². The lowest BCUT2D eigenvalue weighted by Crippen LogP contribution is -2.52. The lowest BCUT2D eigenvalue weighted by Gasteiger charge is -2.28. The van der Waals surface area contributed by atoms with Gasteiger partial charge in [0, 0.05) is 19.3 Å². The molecule has 1 rings (SSSR count). The molecular formula is C27H41NO10. The smallest absolute Gasteiger partial charge is 0.480 e. The molecule has 0 heterocycles. The number of rotatable bonds is 15. The van der Waals surface area contributed by atoms with E-state index < -0.39 is 48.1 Å². The van der Waals surface area contributed by atoms with Crippen molar-refractivity contribution in [3.63, 3.8) is 0 Å². The van der Waals surface area contributed by atoms with Gasteiger partial charge in [-0.05, 0) is 57.7 Å². The molecule has 0 aliphatic carbocycles. The summed E-state index contributed by atoms with van der Waals surface area (Å²) in [5.74, 6) is -2.03. The van der Waals surface area contributed by atoms with E-state index in [-0.39, 0.29) is 30.8 Å². The van der Waals surface area contributed by atoms with E-state index in [4.69, 9.17) is 29.4 Å². The average molecular weight is 540 g/mol. The maximum absolute atomic E-state index is 12.3. The van der Waals surface area contributed by atoms with Crippen LogP contribution in [0.25, 0.3) is 0 Å². The Labute approximate surface area is 223 Å². The van der Waals surface area contributed by atoms with Gasteiger partial charge in [-0.15, -0.1) is 0 Å². The number of unbranched alkanes of at least 4 members (excludes halogenated alkanes) is 1. The molecule has 1 aromatic carbocycles. The molecule has 11 nitrogen and oxygen atoms in total. The number of carboxylic acids is 1. The summed E-state index contributed by atoms with van der Waals surface area (Å²) < 4.78 is 26.1. The highest BCUT2D eigenvalue weighted by Gasteiger charge is 2.37. The normalized spacial score (nSPS) is 14.8. The maximum Gasteiger partial charge on any atom is 0.514 e. The number of benzene rings is 1. The number of hydrogen-bond donors (Lipinski definition) is 2. The quantitative estimate of drug-likeness (QED) is 0.172. The number of nitrogens with two attached hydrogens (primary N) is 1. The highest BCUT2D eigenvalue weighted by atomic mass is 16.7. The standard InChI is InChI=1S/C27H41NO10/c1-7-10-11-23(29)34-19(6)15-27(28,24(30)31)16-20-12-13-21(37-25(32)35-17(4)8-2)22(14-20)38-26(33)36-18(5)9-3/h12-14,17-19H,7-11,15-16,28H2,1-6H3,(H,30,31)/t17?,18?,19-,27?/m0/s1. The van der Waals surface area contributed by atoms with Crippen molar-refractivity contribution in [2.75, 3.05) is 0 Å². The topological polar surface area (TPSA) is 161 Å². The SMILES string of the molecule is CCCCC(=O)O[C@@H](C)CC(N)(Cc1ccc(OC(=O)OC(C)CC)c(OC(=O)OC(C)CC)c1)C(=O)O. The van der Waals surface area contributed by atoms with Crippen LogP contribution in [0.2, 0.25) is 0 Å². The second kappa shape index (κ2) is 15.8. The molecule has 38 heavy (non-hydrogen) atoms. The van der Waals surface area contributed by atoms with E-state index in [2.05, 4.69) is 0 Å². The molecule has 0 spiro atoms. The summed E-state index contributed by atoms with van der Waals surface area (Å²) in [4.78, 5) is 48.5. The van der Waals surface area contributed by atoms with E-state index in [1.54, 1.807) is 20.8 Å². The minimum absolute atomic E-state index is 0.126. The monoisotopic (exact) mass is 539 g/mol. The molecule has 0 fully saturated rings. The Morgan fingerprint density at radius 2 is 1.42 bits per heavy atom. The van der Waals surface area contributed by atoms with Crippen LogP contribution in [-0.2, 0) is 30.2 Å². The summed E-state index contributed by atoms with van der Waals surface area (Å²) in [6, 6.07) is 4.17. The van der Waals surface area contributed by atoms with E-state index in [1.165, 1.54) is 18.2 Å². The first-order chi connectivity index (χ1) is 17.8. The zero-order valence-corrected chi connectivity index (χ0v) is 23.1. The van der Waals surface area contributed by atoms with Crippen LogP contribution in [0.5, 0.6) is 11.5 Å². The van der Waals surface area contributed by atoms with Crippen molar-refractivity contribution in [1.29, 1.82) is 0 Å². The predicted molar refractivity (Wildman–Crippen MR) is 138 cm³/mol. The highest BCUT2D eigenvalue weighted by molar-refractivity contribution is 5.79. The summed E-state index contributed by atoms with van der Waals surface area (Å²) in [6.07, 6.45) is -1.11. The fourth-order valence-electron chi connectivity index (χ4n) is 3.31. The summed E-state index contributed by atoms with van der Waals surface area (Å²) in [6.45, 7) is 10.6. The molecule has 11 heteroatoms. The zero-order valence-electron chi connectivity index (χ0n) is 23.1. The molecule has 0 aliphatic rings. The van der Waals surface area contributed by atoms with E-state index in [0.29, 0.717) is 24.8 Å².